The number of halogens is 4. The first kappa shape index (κ1) is 16.2. The first-order valence-electron chi connectivity index (χ1n) is 6.13. The summed E-state index contributed by atoms with van der Waals surface area (Å²) in [6.07, 6.45) is -0.783. The summed E-state index contributed by atoms with van der Waals surface area (Å²) < 4.78 is 30.0. The average molecular weight is 378 g/mol. The molecule has 0 radical (unpaired) electrons. The second-order valence-electron chi connectivity index (χ2n) is 4.37. The number of aliphatic hydroxyl groups excluding tert-OH is 1. The number of rotatable bonds is 5. The topological polar surface area (TPSA) is 29.5 Å². The minimum atomic E-state index is -2.94. The summed E-state index contributed by atoms with van der Waals surface area (Å²) in [6, 6.07) is 11.5. The Morgan fingerprint density at radius 1 is 1.19 bits per heavy atom. The Morgan fingerprint density at radius 2 is 1.90 bits per heavy atom. The molecule has 112 valence electrons. The van der Waals surface area contributed by atoms with Crippen LogP contribution in [0.3, 0.4) is 0 Å². The van der Waals surface area contributed by atoms with Gasteiger partial charge in [0, 0.05) is 21.5 Å². The Balaban J connectivity index is 2.22. The van der Waals surface area contributed by atoms with E-state index < -0.39 is 12.7 Å². The molecule has 21 heavy (non-hydrogen) atoms. The van der Waals surface area contributed by atoms with E-state index in [9.17, 15) is 13.9 Å². The second-order valence-corrected chi connectivity index (χ2v) is 5.69. The smallest absolute Gasteiger partial charge is 0.387 e. The Bertz CT molecular complexity index is 622. The third kappa shape index (κ3) is 4.40. The van der Waals surface area contributed by atoms with Gasteiger partial charge in [0.05, 0.1) is 6.10 Å². The van der Waals surface area contributed by atoms with Gasteiger partial charge in [0.2, 0.25) is 0 Å². The molecule has 2 aromatic rings. The van der Waals surface area contributed by atoms with Crippen molar-refractivity contribution in [2.24, 2.45) is 0 Å². The maximum Gasteiger partial charge on any atom is 0.387 e. The van der Waals surface area contributed by atoms with E-state index in [1.54, 1.807) is 36.4 Å². The highest BCUT2D eigenvalue weighted by molar-refractivity contribution is 9.10. The van der Waals surface area contributed by atoms with Gasteiger partial charge in [0.15, 0.2) is 0 Å². The van der Waals surface area contributed by atoms with Gasteiger partial charge in [-0.25, -0.2) is 0 Å². The van der Waals surface area contributed by atoms with Crippen molar-refractivity contribution in [3.05, 3.63) is 63.1 Å². The molecule has 0 spiro atoms. The first-order valence-corrected chi connectivity index (χ1v) is 7.30. The Morgan fingerprint density at radius 3 is 2.57 bits per heavy atom. The molecule has 0 saturated carbocycles. The second kappa shape index (κ2) is 7.20. The highest BCUT2D eigenvalue weighted by atomic mass is 79.9. The predicted octanol–water partition coefficient (Wildman–Crippen LogP) is 4.98. The van der Waals surface area contributed by atoms with Gasteiger partial charge in [-0.1, -0.05) is 51.8 Å². The molecule has 0 bridgehead atoms. The minimum absolute atomic E-state index is 0.0340. The molecule has 0 aliphatic carbocycles. The number of ether oxygens (including phenoxy) is 1. The molecule has 2 nitrogen and oxygen atoms in total. The molecule has 2 aromatic carbocycles. The number of alkyl halides is 2. The molecule has 0 aliphatic heterocycles. The molecule has 0 amide bonds. The lowest BCUT2D eigenvalue weighted by molar-refractivity contribution is -0.0515. The van der Waals surface area contributed by atoms with Crippen LogP contribution in [0, 0.1) is 0 Å². The van der Waals surface area contributed by atoms with Crippen LogP contribution >= 0.6 is 27.5 Å². The van der Waals surface area contributed by atoms with Crippen LogP contribution in [0.5, 0.6) is 5.75 Å². The Hall–Kier alpha value is -1.17. The summed E-state index contributed by atoms with van der Waals surface area (Å²) in [5.74, 6) is -0.0340. The van der Waals surface area contributed by atoms with Crippen LogP contribution in [0.4, 0.5) is 8.78 Å². The van der Waals surface area contributed by atoms with Crippen molar-refractivity contribution in [1.29, 1.82) is 0 Å². The highest BCUT2D eigenvalue weighted by Gasteiger charge is 2.17. The third-order valence-electron chi connectivity index (χ3n) is 2.92. The molecular formula is C15H12BrClF2O2. The van der Waals surface area contributed by atoms with E-state index in [1.165, 1.54) is 6.07 Å². The van der Waals surface area contributed by atoms with Gasteiger partial charge in [0.25, 0.3) is 0 Å². The standard InChI is InChI=1S/C15H12BrClF2O2/c16-10-6-5-9(12(17)8-10)7-13(20)11-3-1-2-4-14(11)21-15(18)19/h1-6,8,13,15,20H,7H2. The van der Waals surface area contributed by atoms with Gasteiger partial charge in [-0.05, 0) is 23.8 Å². The van der Waals surface area contributed by atoms with Crippen molar-refractivity contribution >= 4 is 27.5 Å². The zero-order valence-corrected chi connectivity index (χ0v) is 13.1. The lowest BCUT2D eigenvalue weighted by Crippen LogP contribution is -2.08. The molecule has 2 rings (SSSR count). The van der Waals surface area contributed by atoms with E-state index >= 15 is 0 Å². The number of para-hydroxylation sites is 1. The van der Waals surface area contributed by atoms with E-state index in [-0.39, 0.29) is 12.2 Å². The maximum absolute atomic E-state index is 12.4. The quantitative estimate of drug-likeness (QED) is 0.796. The van der Waals surface area contributed by atoms with Crippen LogP contribution in [0.1, 0.15) is 17.2 Å². The van der Waals surface area contributed by atoms with Crippen molar-refractivity contribution in [2.45, 2.75) is 19.1 Å². The van der Waals surface area contributed by atoms with Crippen molar-refractivity contribution < 1.29 is 18.6 Å². The van der Waals surface area contributed by atoms with Crippen molar-refractivity contribution in [3.63, 3.8) is 0 Å². The van der Waals surface area contributed by atoms with E-state index in [4.69, 9.17) is 11.6 Å². The van der Waals surface area contributed by atoms with Crippen LogP contribution in [-0.2, 0) is 6.42 Å². The van der Waals surface area contributed by atoms with E-state index in [0.717, 1.165) is 10.0 Å². The average Bonchev–Trinajstić information content (AvgIpc) is 2.42. The number of aliphatic hydroxyl groups is 1. The van der Waals surface area contributed by atoms with Gasteiger partial charge in [-0.3, -0.25) is 0 Å². The third-order valence-corrected chi connectivity index (χ3v) is 3.77. The molecule has 1 N–H and O–H groups in total. The number of hydrogen-bond acceptors (Lipinski definition) is 2. The first-order chi connectivity index (χ1) is 9.97. The summed E-state index contributed by atoms with van der Waals surface area (Å²) >= 11 is 9.39. The fourth-order valence-corrected chi connectivity index (χ4v) is 2.72. The highest BCUT2D eigenvalue weighted by Crippen LogP contribution is 2.31. The van der Waals surface area contributed by atoms with Crippen LogP contribution in [-0.4, -0.2) is 11.7 Å². The fraction of sp³-hybridized carbons (Fsp3) is 0.200. The zero-order chi connectivity index (χ0) is 15.4. The molecule has 0 saturated heterocycles. The van der Waals surface area contributed by atoms with Crippen molar-refractivity contribution in [2.75, 3.05) is 0 Å². The molecular weight excluding hydrogens is 366 g/mol. The number of hydrogen-bond donors (Lipinski definition) is 1. The minimum Gasteiger partial charge on any atom is -0.434 e. The van der Waals surface area contributed by atoms with E-state index in [0.29, 0.717) is 10.6 Å². The van der Waals surface area contributed by atoms with Crippen molar-refractivity contribution in [3.8, 4) is 5.75 Å². The Kier molecular flexibility index (Phi) is 5.56. The van der Waals surface area contributed by atoms with E-state index in [1.807, 2.05) is 0 Å². The van der Waals surface area contributed by atoms with E-state index in [2.05, 4.69) is 20.7 Å². The molecule has 6 heteroatoms. The maximum atomic E-state index is 12.4. The predicted molar refractivity (Wildman–Crippen MR) is 80.9 cm³/mol. The Labute approximate surface area is 134 Å². The number of benzene rings is 2. The lowest BCUT2D eigenvalue weighted by atomic mass is 10.0. The normalized spacial score (nSPS) is 12.5. The van der Waals surface area contributed by atoms with Gasteiger partial charge in [-0.15, -0.1) is 0 Å². The summed E-state index contributed by atoms with van der Waals surface area (Å²) in [5.41, 5.74) is 1.02. The van der Waals surface area contributed by atoms with Gasteiger partial charge >= 0.3 is 6.61 Å². The molecule has 0 heterocycles. The fourth-order valence-electron chi connectivity index (χ4n) is 1.96. The van der Waals surface area contributed by atoms with Crippen LogP contribution in [0.2, 0.25) is 5.02 Å². The lowest BCUT2D eigenvalue weighted by Gasteiger charge is -2.16. The summed E-state index contributed by atoms with van der Waals surface area (Å²) in [5, 5.41) is 10.8. The zero-order valence-electron chi connectivity index (χ0n) is 10.8. The molecule has 1 atom stereocenters. The molecule has 0 fully saturated rings. The van der Waals surface area contributed by atoms with Gasteiger partial charge in [-0.2, -0.15) is 8.78 Å². The summed E-state index contributed by atoms with van der Waals surface area (Å²) in [6.45, 7) is -2.94. The van der Waals surface area contributed by atoms with Gasteiger partial charge < -0.3 is 9.84 Å². The SMILES string of the molecule is OC(Cc1ccc(Br)cc1Cl)c1ccccc1OC(F)F. The molecule has 1 unspecified atom stereocenters. The van der Waals surface area contributed by atoms with Crippen LogP contribution in [0.25, 0.3) is 0 Å². The molecule has 0 aliphatic rings. The van der Waals surface area contributed by atoms with Gasteiger partial charge in [0.1, 0.15) is 5.75 Å². The monoisotopic (exact) mass is 376 g/mol. The molecule has 0 aromatic heterocycles. The van der Waals surface area contributed by atoms with Crippen molar-refractivity contribution in [1.82, 2.24) is 0 Å². The van der Waals surface area contributed by atoms with Crippen LogP contribution in [0.15, 0.2) is 46.9 Å². The summed E-state index contributed by atoms with van der Waals surface area (Å²) in [4.78, 5) is 0. The largest absolute Gasteiger partial charge is 0.434 e. The summed E-state index contributed by atoms with van der Waals surface area (Å²) in [7, 11) is 0. The van der Waals surface area contributed by atoms with Crippen LogP contribution < -0.4 is 4.74 Å².